The van der Waals surface area contributed by atoms with Crippen LogP contribution in [0.1, 0.15) is 56.4 Å². The molecule has 3 aromatic rings. The van der Waals surface area contributed by atoms with Crippen LogP contribution in [0.3, 0.4) is 0 Å². The average Bonchev–Trinajstić information content (AvgIpc) is 2.86. The molecule has 0 bridgehead atoms. The van der Waals surface area contributed by atoms with Gasteiger partial charge in [0.1, 0.15) is 23.1 Å². The summed E-state index contributed by atoms with van der Waals surface area (Å²) < 4.78 is 87.3. The molecule has 1 amide bonds. The van der Waals surface area contributed by atoms with E-state index in [1.165, 1.54) is 48.8 Å². The van der Waals surface area contributed by atoms with E-state index in [-0.39, 0.29) is 66.0 Å². The van der Waals surface area contributed by atoms with Gasteiger partial charge in [0.05, 0.1) is 22.7 Å². The Morgan fingerprint density at radius 2 is 1.68 bits per heavy atom. The van der Waals surface area contributed by atoms with E-state index in [1.54, 1.807) is 0 Å². The maximum absolute atomic E-state index is 15.4. The molecule has 0 radical (unpaired) electrons. The van der Waals surface area contributed by atoms with Crippen molar-refractivity contribution in [2.45, 2.75) is 58.4 Å². The van der Waals surface area contributed by atoms with E-state index in [4.69, 9.17) is 0 Å². The lowest BCUT2D eigenvalue weighted by Gasteiger charge is -2.36. The minimum absolute atomic E-state index is 0.0314. The number of halogens is 6. The Balaban J connectivity index is 1.78. The molecule has 0 unspecified atom stereocenters. The van der Waals surface area contributed by atoms with Crippen molar-refractivity contribution in [1.82, 2.24) is 19.9 Å². The van der Waals surface area contributed by atoms with Gasteiger partial charge in [-0.3, -0.25) is 4.79 Å². The molecule has 41 heavy (non-hydrogen) atoms. The number of aromatic nitrogens is 3. The van der Waals surface area contributed by atoms with Crippen LogP contribution in [0.2, 0.25) is 0 Å². The largest absolute Gasteiger partial charge is 0.435 e. The highest BCUT2D eigenvalue weighted by molar-refractivity contribution is 5.90. The predicted molar refractivity (Wildman–Crippen MR) is 140 cm³/mol. The molecular formula is C27H30F6N6O2. The van der Waals surface area contributed by atoms with Crippen LogP contribution in [0.15, 0.2) is 24.3 Å². The van der Waals surface area contributed by atoms with Gasteiger partial charge in [0.15, 0.2) is 11.3 Å². The second-order valence-electron chi connectivity index (χ2n) is 10.5. The number of amides is 1. The average molecular weight is 585 g/mol. The Kier molecular flexibility index (Phi) is 7.84. The van der Waals surface area contributed by atoms with Gasteiger partial charge in [0.2, 0.25) is 5.91 Å². The predicted octanol–water partition coefficient (Wildman–Crippen LogP) is 5.20. The molecule has 3 heterocycles. The molecule has 1 fully saturated rings. The number of carbonyl (C=O) groups is 1. The minimum Gasteiger partial charge on any atom is -0.384 e. The summed E-state index contributed by atoms with van der Waals surface area (Å²) in [5.41, 5.74) is -5.34. The van der Waals surface area contributed by atoms with E-state index >= 15 is 4.39 Å². The number of hydrogen-bond donors (Lipinski definition) is 2. The van der Waals surface area contributed by atoms with Gasteiger partial charge < -0.3 is 20.2 Å². The number of anilines is 2. The zero-order valence-electron chi connectivity index (χ0n) is 23.1. The number of aryl methyl sites for hydroxylation is 1. The first kappa shape index (κ1) is 30.3. The summed E-state index contributed by atoms with van der Waals surface area (Å²) in [6, 6.07) is 3.67. The third-order valence-electron chi connectivity index (χ3n) is 7.07. The Morgan fingerprint density at radius 1 is 1.05 bits per heavy atom. The Morgan fingerprint density at radius 3 is 2.24 bits per heavy atom. The summed E-state index contributed by atoms with van der Waals surface area (Å²) in [6.45, 7) is 6.77. The first-order chi connectivity index (χ1) is 18.9. The van der Waals surface area contributed by atoms with Crippen LogP contribution in [-0.4, -0.2) is 62.6 Å². The molecule has 14 heteroatoms. The van der Waals surface area contributed by atoms with Gasteiger partial charge in [-0.2, -0.15) is 22.0 Å². The zero-order chi connectivity index (χ0) is 30.5. The van der Waals surface area contributed by atoms with Gasteiger partial charge in [0.25, 0.3) is 0 Å². The minimum atomic E-state index is -4.81. The van der Waals surface area contributed by atoms with E-state index < -0.39 is 40.8 Å². The number of pyridine rings is 1. The van der Waals surface area contributed by atoms with Crippen LogP contribution in [0.25, 0.3) is 11.0 Å². The molecule has 8 nitrogen and oxygen atoms in total. The SMILES string of the molecule is CC(=O)N1CCN(c2cc3c(N[C@H](C)c4cccc(C(F)(F)C(C)(C)O)c4F)nc(C)nc3nc2C(F)(F)F)CC1. The lowest BCUT2D eigenvalue weighted by Crippen LogP contribution is -2.48. The molecule has 0 spiro atoms. The van der Waals surface area contributed by atoms with Crippen molar-refractivity contribution in [3.63, 3.8) is 0 Å². The van der Waals surface area contributed by atoms with Crippen molar-refractivity contribution >= 4 is 28.4 Å². The number of fused-ring (bicyclic) bond motifs is 1. The summed E-state index contributed by atoms with van der Waals surface area (Å²) in [7, 11) is 0. The van der Waals surface area contributed by atoms with Gasteiger partial charge >= 0.3 is 12.1 Å². The molecule has 4 rings (SSSR count). The van der Waals surface area contributed by atoms with Crippen LogP contribution < -0.4 is 10.2 Å². The standard InChI is InChI=1S/C27H30F6N6O2/c1-14(17-7-6-8-19(21(17)28)26(29,30)25(4,5)41)34-23-18-13-20(39-11-9-38(10-12-39)16(3)40)22(27(31,32)33)37-24(18)36-15(2)35-23/h6-8,13-14,41H,9-12H2,1-5H3,(H,34,35,36,37)/t14-/m1/s1. The third kappa shape index (κ3) is 5.88. The molecular weight excluding hydrogens is 554 g/mol. The topological polar surface area (TPSA) is 94.5 Å². The highest BCUT2D eigenvalue weighted by Gasteiger charge is 2.49. The molecule has 2 aromatic heterocycles. The van der Waals surface area contributed by atoms with Crippen molar-refractivity contribution in [3.05, 3.63) is 52.7 Å². The van der Waals surface area contributed by atoms with Gasteiger partial charge in [0, 0.05) is 38.7 Å². The maximum Gasteiger partial charge on any atom is 0.435 e. The number of alkyl halides is 5. The second kappa shape index (κ2) is 10.6. The molecule has 1 aliphatic rings. The molecule has 1 aromatic carbocycles. The molecule has 1 atom stereocenters. The lowest BCUT2D eigenvalue weighted by molar-refractivity contribution is -0.170. The molecule has 222 valence electrons. The number of nitrogens with one attached hydrogen (secondary N) is 1. The smallest absolute Gasteiger partial charge is 0.384 e. The summed E-state index contributed by atoms with van der Waals surface area (Å²) in [5.74, 6) is -5.22. The van der Waals surface area contributed by atoms with E-state index in [9.17, 15) is 31.9 Å². The van der Waals surface area contributed by atoms with Crippen LogP contribution >= 0.6 is 0 Å². The van der Waals surface area contributed by atoms with Crippen molar-refractivity contribution in [1.29, 1.82) is 0 Å². The molecule has 1 aliphatic heterocycles. The normalized spacial score (nSPS) is 15.8. The monoisotopic (exact) mass is 584 g/mol. The van der Waals surface area contributed by atoms with E-state index in [0.29, 0.717) is 0 Å². The van der Waals surface area contributed by atoms with E-state index in [0.717, 1.165) is 19.9 Å². The van der Waals surface area contributed by atoms with Crippen molar-refractivity contribution in [2.75, 3.05) is 36.4 Å². The molecule has 0 saturated carbocycles. The fourth-order valence-corrected chi connectivity index (χ4v) is 4.71. The van der Waals surface area contributed by atoms with Gasteiger partial charge in [-0.1, -0.05) is 12.1 Å². The third-order valence-corrected chi connectivity index (χ3v) is 7.07. The highest BCUT2D eigenvalue weighted by atomic mass is 19.4. The van der Waals surface area contributed by atoms with Crippen molar-refractivity contribution in [3.8, 4) is 0 Å². The number of rotatable bonds is 6. The summed E-state index contributed by atoms with van der Waals surface area (Å²) in [5, 5.41) is 13.0. The number of carbonyl (C=O) groups excluding carboxylic acids is 1. The first-order valence-corrected chi connectivity index (χ1v) is 12.8. The highest BCUT2D eigenvalue weighted by Crippen LogP contribution is 2.42. The number of piperazine rings is 1. The number of hydrogen-bond acceptors (Lipinski definition) is 7. The van der Waals surface area contributed by atoms with Gasteiger partial charge in [-0.15, -0.1) is 0 Å². The maximum atomic E-state index is 15.4. The second-order valence-corrected chi connectivity index (χ2v) is 10.5. The fourth-order valence-electron chi connectivity index (χ4n) is 4.71. The number of aliphatic hydroxyl groups is 1. The van der Waals surface area contributed by atoms with E-state index in [1.807, 2.05) is 0 Å². The fraction of sp³-hybridized carbons (Fsp3) is 0.481. The van der Waals surface area contributed by atoms with Crippen molar-refractivity contribution in [2.24, 2.45) is 0 Å². The molecule has 0 aliphatic carbocycles. The molecule has 2 N–H and O–H groups in total. The van der Waals surface area contributed by atoms with Gasteiger partial charge in [-0.25, -0.2) is 19.3 Å². The molecule has 1 saturated heterocycles. The van der Waals surface area contributed by atoms with Crippen LogP contribution in [0.5, 0.6) is 0 Å². The van der Waals surface area contributed by atoms with Gasteiger partial charge in [-0.05, 0) is 39.8 Å². The Hall–Kier alpha value is -3.68. The quantitative estimate of drug-likeness (QED) is 0.385. The van der Waals surface area contributed by atoms with E-state index in [2.05, 4.69) is 20.3 Å². The van der Waals surface area contributed by atoms with Crippen LogP contribution in [0, 0.1) is 12.7 Å². The number of nitrogens with zero attached hydrogens (tertiary/aromatic N) is 5. The lowest BCUT2D eigenvalue weighted by atomic mass is 9.91. The summed E-state index contributed by atoms with van der Waals surface area (Å²) >= 11 is 0. The summed E-state index contributed by atoms with van der Waals surface area (Å²) in [4.78, 5) is 26.9. The zero-order valence-corrected chi connectivity index (χ0v) is 23.1. The van der Waals surface area contributed by atoms with Crippen LogP contribution in [-0.2, 0) is 16.9 Å². The first-order valence-electron chi connectivity index (χ1n) is 12.8. The Labute approximate surface area is 232 Å². The summed E-state index contributed by atoms with van der Waals surface area (Å²) in [6.07, 6.45) is -4.81. The van der Waals surface area contributed by atoms with Crippen molar-refractivity contribution < 1.29 is 36.2 Å². The van der Waals surface area contributed by atoms with Crippen LogP contribution in [0.4, 0.5) is 37.8 Å². The Bertz CT molecular complexity index is 1470. The number of benzene rings is 1.